The summed E-state index contributed by atoms with van der Waals surface area (Å²) in [7, 11) is -3.60. The Kier molecular flexibility index (Phi) is 3.50. The fourth-order valence-electron chi connectivity index (χ4n) is 2.48. The first-order chi connectivity index (χ1) is 9.98. The summed E-state index contributed by atoms with van der Waals surface area (Å²) in [6.07, 6.45) is 3.98. The van der Waals surface area contributed by atoms with E-state index in [0.29, 0.717) is 25.1 Å². The quantitative estimate of drug-likeness (QED) is 0.858. The summed E-state index contributed by atoms with van der Waals surface area (Å²) in [6.45, 7) is 2.32. The number of halogens is 1. The van der Waals surface area contributed by atoms with E-state index in [-0.39, 0.29) is 10.9 Å². The van der Waals surface area contributed by atoms with Crippen molar-refractivity contribution in [2.24, 2.45) is 0 Å². The van der Waals surface area contributed by atoms with Gasteiger partial charge in [-0.15, -0.1) is 5.10 Å². The van der Waals surface area contributed by atoms with E-state index >= 15 is 0 Å². The third-order valence-corrected chi connectivity index (χ3v) is 5.57. The molecule has 1 saturated heterocycles. The largest absolute Gasteiger partial charge is 0.248 e. The first-order valence-corrected chi connectivity index (χ1v) is 8.04. The van der Waals surface area contributed by atoms with Crippen molar-refractivity contribution in [2.75, 3.05) is 13.1 Å². The SMILES string of the molecule is Cc1cc(S(=O)(=O)N2CCC(n3ccnn3)C2)ccc1F. The van der Waals surface area contributed by atoms with Crippen LogP contribution in [0.15, 0.2) is 35.5 Å². The first-order valence-electron chi connectivity index (χ1n) is 6.60. The molecule has 1 unspecified atom stereocenters. The van der Waals surface area contributed by atoms with Gasteiger partial charge in [-0.1, -0.05) is 5.21 Å². The van der Waals surface area contributed by atoms with Crippen molar-refractivity contribution in [3.8, 4) is 0 Å². The van der Waals surface area contributed by atoms with Crippen LogP contribution in [0, 0.1) is 12.7 Å². The van der Waals surface area contributed by atoms with Crippen LogP contribution >= 0.6 is 0 Å². The fourth-order valence-corrected chi connectivity index (χ4v) is 4.06. The smallest absolute Gasteiger partial charge is 0.243 e. The Bertz CT molecular complexity index is 746. The summed E-state index contributed by atoms with van der Waals surface area (Å²) in [4.78, 5) is 0.126. The van der Waals surface area contributed by atoms with Gasteiger partial charge in [0.1, 0.15) is 5.82 Å². The van der Waals surface area contributed by atoms with Gasteiger partial charge in [-0.05, 0) is 37.1 Å². The normalized spacial score (nSPS) is 20.0. The number of aryl methyl sites for hydroxylation is 1. The van der Waals surface area contributed by atoms with Crippen LogP contribution in [0.5, 0.6) is 0 Å². The van der Waals surface area contributed by atoms with E-state index in [1.807, 2.05) is 0 Å². The minimum Gasteiger partial charge on any atom is -0.248 e. The molecule has 0 radical (unpaired) electrons. The Labute approximate surface area is 122 Å². The standard InChI is InChI=1S/C13H15FN4O2S/c1-10-8-12(2-3-13(10)14)21(19,20)17-6-4-11(9-17)18-7-5-15-16-18/h2-3,5,7-8,11H,4,6,9H2,1H3. The molecule has 1 aromatic carbocycles. The van der Waals surface area contributed by atoms with Gasteiger partial charge in [0.05, 0.1) is 17.1 Å². The lowest BCUT2D eigenvalue weighted by atomic mass is 10.2. The molecule has 1 atom stereocenters. The zero-order valence-corrected chi connectivity index (χ0v) is 12.3. The van der Waals surface area contributed by atoms with Gasteiger partial charge in [0.15, 0.2) is 0 Å². The minimum absolute atomic E-state index is 0.0104. The van der Waals surface area contributed by atoms with Crippen LogP contribution in [-0.2, 0) is 10.0 Å². The second-order valence-electron chi connectivity index (χ2n) is 5.10. The maximum Gasteiger partial charge on any atom is 0.243 e. The van der Waals surface area contributed by atoms with E-state index in [1.54, 1.807) is 24.0 Å². The van der Waals surface area contributed by atoms with E-state index in [1.165, 1.54) is 22.5 Å². The number of sulfonamides is 1. The number of benzene rings is 1. The number of hydrogen-bond acceptors (Lipinski definition) is 4. The molecule has 2 heterocycles. The highest BCUT2D eigenvalue weighted by Gasteiger charge is 2.33. The van der Waals surface area contributed by atoms with Gasteiger partial charge >= 0.3 is 0 Å². The Hall–Kier alpha value is -1.80. The third kappa shape index (κ3) is 2.56. The van der Waals surface area contributed by atoms with E-state index in [4.69, 9.17) is 0 Å². The summed E-state index contributed by atoms with van der Waals surface area (Å²) in [5, 5.41) is 7.65. The van der Waals surface area contributed by atoms with Crippen molar-refractivity contribution in [3.05, 3.63) is 42.0 Å². The van der Waals surface area contributed by atoms with Gasteiger partial charge < -0.3 is 0 Å². The van der Waals surface area contributed by atoms with Crippen LogP contribution in [0.4, 0.5) is 4.39 Å². The first kappa shape index (κ1) is 14.2. The molecule has 3 rings (SSSR count). The maximum atomic E-state index is 13.3. The Morgan fingerprint density at radius 3 is 2.86 bits per heavy atom. The van der Waals surface area contributed by atoms with Gasteiger partial charge in [-0.3, -0.25) is 0 Å². The van der Waals surface area contributed by atoms with Crippen molar-refractivity contribution in [3.63, 3.8) is 0 Å². The number of hydrogen-bond donors (Lipinski definition) is 0. The molecule has 1 fully saturated rings. The molecule has 112 valence electrons. The topological polar surface area (TPSA) is 68.1 Å². The second-order valence-corrected chi connectivity index (χ2v) is 7.04. The zero-order chi connectivity index (χ0) is 15.0. The van der Waals surface area contributed by atoms with Crippen LogP contribution < -0.4 is 0 Å². The molecule has 8 heteroatoms. The molecule has 0 bridgehead atoms. The second kappa shape index (κ2) is 5.19. The predicted molar refractivity (Wildman–Crippen MR) is 73.6 cm³/mol. The van der Waals surface area contributed by atoms with Crippen molar-refractivity contribution in [1.29, 1.82) is 0 Å². The monoisotopic (exact) mass is 310 g/mol. The Morgan fingerprint density at radius 2 is 2.19 bits per heavy atom. The summed E-state index contributed by atoms with van der Waals surface area (Å²) in [6, 6.07) is 3.85. The number of nitrogens with zero attached hydrogens (tertiary/aromatic N) is 4. The number of aromatic nitrogens is 3. The summed E-state index contributed by atoms with van der Waals surface area (Å²) >= 11 is 0. The third-order valence-electron chi connectivity index (χ3n) is 3.71. The average molecular weight is 310 g/mol. The van der Waals surface area contributed by atoms with E-state index in [0.717, 1.165) is 0 Å². The highest BCUT2D eigenvalue weighted by molar-refractivity contribution is 7.89. The minimum atomic E-state index is -3.60. The van der Waals surface area contributed by atoms with Gasteiger partial charge in [0.25, 0.3) is 0 Å². The lowest BCUT2D eigenvalue weighted by Gasteiger charge is -2.17. The van der Waals surface area contributed by atoms with Gasteiger partial charge in [-0.2, -0.15) is 4.31 Å². The molecular formula is C13H15FN4O2S. The highest BCUT2D eigenvalue weighted by atomic mass is 32.2. The van der Waals surface area contributed by atoms with Crippen molar-refractivity contribution >= 4 is 10.0 Å². The molecule has 1 aromatic heterocycles. The molecule has 21 heavy (non-hydrogen) atoms. The molecule has 2 aromatic rings. The van der Waals surface area contributed by atoms with E-state index in [2.05, 4.69) is 10.3 Å². The summed E-state index contributed by atoms with van der Waals surface area (Å²) in [5.74, 6) is -0.407. The molecule has 0 spiro atoms. The molecule has 0 N–H and O–H groups in total. The van der Waals surface area contributed by atoms with Crippen LogP contribution in [-0.4, -0.2) is 40.8 Å². The van der Waals surface area contributed by atoms with Crippen molar-refractivity contribution < 1.29 is 12.8 Å². The molecular weight excluding hydrogens is 295 g/mol. The van der Waals surface area contributed by atoms with Gasteiger partial charge in [0.2, 0.25) is 10.0 Å². The fraction of sp³-hybridized carbons (Fsp3) is 0.385. The lowest BCUT2D eigenvalue weighted by Crippen LogP contribution is -2.29. The lowest BCUT2D eigenvalue weighted by molar-refractivity contribution is 0.428. The van der Waals surface area contributed by atoms with Crippen LogP contribution in [0.2, 0.25) is 0 Å². The maximum absolute atomic E-state index is 13.3. The van der Waals surface area contributed by atoms with Gasteiger partial charge in [0, 0.05) is 19.3 Å². The van der Waals surface area contributed by atoms with E-state index < -0.39 is 15.8 Å². The summed E-state index contributed by atoms with van der Waals surface area (Å²) in [5.41, 5.74) is 0.322. The van der Waals surface area contributed by atoms with Crippen LogP contribution in [0.1, 0.15) is 18.0 Å². The molecule has 0 saturated carbocycles. The van der Waals surface area contributed by atoms with Crippen LogP contribution in [0.3, 0.4) is 0 Å². The predicted octanol–water partition coefficient (Wildman–Crippen LogP) is 1.36. The Balaban J connectivity index is 1.84. The molecule has 6 nitrogen and oxygen atoms in total. The molecule has 1 aliphatic heterocycles. The van der Waals surface area contributed by atoms with E-state index in [9.17, 15) is 12.8 Å². The highest BCUT2D eigenvalue weighted by Crippen LogP contribution is 2.27. The van der Waals surface area contributed by atoms with Crippen molar-refractivity contribution in [2.45, 2.75) is 24.3 Å². The van der Waals surface area contributed by atoms with Gasteiger partial charge in [-0.25, -0.2) is 17.5 Å². The average Bonchev–Trinajstić information content (AvgIpc) is 3.11. The molecule has 0 amide bonds. The molecule has 1 aliphatic rings. The Morgan fingerprint density at radius 1 is 1.38 bits per heavy atom. The number of rotatable bonds is 3. The van der Waals surface area contributed by atoms with Crippen LogP contribution in [0.25, 0.3) is 0 Å². The van der Waals surface area contributed by atoms with Crippen molar-refractivity contribution in [1.82, 2.24) is 19.3 Å². The zero-order valence-electron chi connectivity index (χ0n) is 11.5. The molecule has 0 aliphatic carbocycles. The summed E-state index contributed by atoms with van der Waals surface area (Å²) < 4.78 is 41.5.